The molecular formula is C26H31N5O4. The predicted octanol–water partition coefficient (Wildman–Crippen LogP) is 2.07. The summed E-state index contributed by atoms with van der Waals surface area (Å²) in [4.78, 5) is 32.2. The molecule has 0 saturated carbocycles. The molecule has 1 atom stereocenters. The highest BCUT2D eigenvalue weighted by Gasteiger charge is 2.23. The quantitative estimate of drug-likeness (QED) is 0.397. The number of aromatic nitrogens is 4. The first-order valence-corrected chi connectivity index (χ1v) is 11.6. The standard InChI is InChI=1S/C26H31N5O4/c1-5-18-12-9-13-21(14-18)35-17-20(32)16-31-22-23(29(3)26(34)30(4)24(22)33)27-25(31)28(2)15-19-10-7-6-8-11-19/h6-14,20,32H,5,15-17H2,1-4H3/t20-/m1/s1. The molecule has 0 unspecified atom stereocenters. The number of benzene rings is 2. The minimum atomic E-state index is -0.913. The molecule has 0 fully saturated rings. The summed E-state index contributed by atoms with van der Waals surface area (Å²) in [6.07, 6.45) is -0.0246. The highest BCUT2D eigenvalue weighted by atomic mass is 16.5. The van der Waals surface area contributed by atoms with E-state index >= 15 is 0 Å². The number of hydrogen-bond donors (Lipinski definition) is 1. The van der Waals surface area contributed by atoms with Crippen molar-refractivity contribution in [2.24, 2.45) is 14.1 Å². The highest BCUT2D eigenvalue weighted by molar-refractivity contribution is 5.74. The average molecular weight is 478 g/mol. The van der Waals surface area contributed by atoms with Gasteiger partial charge in [0.25, 0.3) is 5.56 Å². The van der Waals surface area contributed by atoms with E-state index in [9.17, 15) is 14.7 Å². The lowest BCUT2D eigenvalue weighted by molar-refractivity contribution is 0.0936. The summed E-state index contributed by atoms with van der Waals surface area (Å²) >= 11 is 0. The van der Waals surface area contributed by atoms with Gasteiger partial charge in [-0.25, -0.2) is 4.79 Å². The minimum absolute atomic E-state index is 0.0424. The maximum Gasteiger partial charge on any atom is 0.332 e. The Morgan fingerprint density at radius 1 is 1.03 bits per heavy atom. The Labute approximate surface area is 203 Å². The number of nitrogens with zero attached hydrogens (tertiary/aromatic N) is 5. The maximum absolute atomic E-state index is 13.1. The number of aliphatic hydroxyl groups excluding tert-OH is 1. The summed E-state index contributed by atoms with van der Waals surface area (Å²) in [5, 5.41) is 10.9. The van der Waals surface area contributed by atoms with E-state index in [-0.39, 0.29) is 24.3 Å². The van der Waals surface area contributed by atoms with Gasteiger partial charge < -0.3 is 19.3 Å². The van der Waals surface area contributed by atoms with Gasteiger partial charge in [-0.3, -0.25) is 13.9 Å². The van der Waals surface area contributed by atoms with Gasteiger partial charge in [0, 0.05) is 27.7 Å². The van der Waals surface area contributed by atoms with Crippen molar-refractivity contribution in [3.63, 3.8) is 0 Å². The van der Waals surface area contributed by atoms with Crippen molar-refractivity contribution in [2.45, 2.75) is 32.5 Å². The summed E-state index contributed by atoms with van der Waals surface area (Å²) in [6.45, 7) is 2.72. The van der Waals surface area contributed by atoms with Gasteiger partial charge in [0.05, 0.1) is 6.54 Å². The number of imidazole rings is 1. The third-order valence-corrected chi connectivity index (χ3v) is 6.07. The first kappa shape index (κ1) is 24.3. The maximum atomic E-state index is 13.1. The van der Waals surface area contributed by atoms with Crippen molar-refractivity contribution in [1.29, 1.82) is 0 Å². The number of hydrogen-bond acceptors (Lipinski definition) is 6. The Balaban J connectivity index is 1.69. The molecular weight excluding hydrogens is 446 g/mol. The molecule has 0 aliphatic carbocycles. The molecule has 9 heteroatoms. The molecule has 2 aromatic carbocycles. The Morgan fingerprint density at radius 3 is 2.46 bits per heavy atom. The molecule has 0 saturated heterocycles. The van der Waals surface area contributed by atoms with Crippen molar-refractivity contribution >= 4 is 17.1 Å². The molecule has 0 aliphatic heterocycles. The fraction of sp³-hybridized carbons (Fsp3) is 0.346. The summed E-state index contributed by atoms with van der Waals surface area (Å²) in [5.74, 6) is 1.16. The van der Waals surface area contributed by atoms with Crippen LogP contribution in [0.3, 0.4) is 0 Å². The van der Waals surface area contributed by atoms with E-state index < -0.39 is 17.4 Å². The minimum Gasteiger partial charge on any atom is -0.491 e. The predicted molar refractivity (Wildman–Crippen MR) is 136 cm³/mol. The van der Waals surface area contributed by atoms with E-state index in [1.54, 1.807) is 11.6 Å². The van der Waals surface area contributed by atoms with Crippen LogP contribution in [0.15, 0.2) is 64.2 Å². The van der Waals surface area contributed by atoms with Gasteiger partial charge in [-0.05, 0) is 29.7 Å². The number of aryl methyl sites for hydroxylation is 2. The summed E-state index contributed by atoms with van der Waals surface area (Å²) in [6, 6.07) is 17.6. The molecule has 184 valence electrons. The molecule has 0 spiro atoms. The van der Waals surface area contributed by atoms with Crippen LogP contribution in [0, 0.1) is 0 Å². The Bertz CT molecular complexity index is 1440. The van der Waals surface area contributed by atoms with Crippen LogP contribution in [0.25, 0.3) is 11.2 Å². The van der Waals surface area contributed by atoms with E-state index in [0.717, 1.165) is 22.1 Å². The average Bonchev–Trinajstić information content (AvgIpc) is 3.25. The number of rotatable bonds is 9. The third kappa shape index (κ3) is 5.00. The van der Waals surface area contributed by atoms with Crippen molar-refractivity contribution < 1.29 is 9.84 Å². The monoisotopic (exact) mass is 477 g/mol. The molecule has 0 amide bonds. The molecule has 9 nitrogen and oxygen atoms in total. The van der Waals surface area contributed by atoms with Gasteiger partial charge in [-0.1, -0.05) is 49.4 Å². The molecule has 35 heavy (non-hydrogen) atoms. The van der Waals surface area contributed by atoms with Gasteiger partial charge in [-0.2, -0.15) is 4.98 Å². The second-order valence-electron chi connectivity index (χ2n) is 8.71. The first-order valence-electron chi connectivity index (χ1n) is 11.6. The Morgan fingerprint density at radius 2 is 1.74 bits per heavy atom. The number of ether oxygens (including phenoxy) is 1. The van der Waals surface area contributed by atoms with Crippen LogP contribution in [0.1, 0.15) is 18.1 Å². The summed E-state index contributed by atoms with van der Waals surface area (Å²) in [7, 11) is 4.89. The SMILES string of the molecule is CCc1cccc(OC[C@H](O)Cn2c(N(C)Cc3ccccc3)nc3c2c(=O)n(C)c(=O)n3C)c1. The molecule has 0 aliphatic rings. The Hall–Kier alpha value is -3.85. The highest BCUT2D eigenvalue weighted by Crippen LogP contribution is 2.21. The van der Waals surface area contributed by atoms with Crippen LogP contribution in [0.2, 0.25) is 0 Å². The van der Waals surface area contributed by atoms with Crippen molar-refractivity contribution in [1.82, 2.24) is 18.7 Å². The summed E-state index contributed by atoms with van der Waals surface area (Å²) < 4.78 is 9.91. The largest absolute Gasteiger partial charge is 0.491 e. The second-order valence-corrected chi connectivity index (χ2v) is 8.71. The zero-order valence-corrected chi connectivity index (χ0v) is 20.5. The van der Waals surface area contributed by atoms with Crippen molar-refractivity contribution in [3.05, 3.63) is 86.6 Å². The van der Waals surface area contributed by atoms with Crippen LogP contribution in [0.4, 0.5) is 5.95 Å². The molecule has 2 heterocycles. The second kappa shape index (κ2) is 10.2. The molecule has 0 bridgehead atoms. The van der Waals surface area contributed by atoms with Crippen LogP contribution < -0.4 is 20.9 Å². The molecule has 1 N–H and O–H groups in total. The van der Waals surface area contributed by atoms with E-state index in [1.165, 1.54) is 11.6 Å². The van der Waals surface area contributed by atoms with E-state index in [4.69, 9.17) is 4.74 Å². The Kier molecular flexibility index (Phi) is 7.07. The van der Waals surface area contributed by atoms with Crippen LogP contribution in [-0.4, -0.2) is 43.6 Å². The summed E-state index contributed by atoms with van der Waals surface area (Å²) in [5.41, 5.74) is 1.83. The van der Waals surface area contributed by atoms with Crippen molar-refractivity contribution in [2.75, 3.05) is 18.6 Å². The van der Waals surface area contributed by atoms with Gasteiger partial charge in [0.1, 0.15) is 18.5 Å². The van der Waals surface area contributed by atoms with E-state index in [2.05, 4.69) is 11.9 Å². The number of anilines is 1. The topological polar surface area (TPSA) is 94.5 Å². The van der Waals surface area contributed by atoms with Gasteiger partial charge in [0.2, 0.25) is 5.95 Å². The lowest BCUT2D eigenvalue weighted by atomic mass is 10.2. The molecule has 4 rings (SSSR count). The fourth-order valence-electron chi connectivity index (χ4n) is 4.14. The van der Waals surface area contributed by atoms with Gasteiger partial charge in [0.15, 0.2) is 11.2 Å². The van der Waals surface area contributed by atoms with E-state index in [1.807, 2.05) is 66.5 Å². The van der Waals surface area contributed by atoms with Gasteiger partial charge >= 0.3 is 5.69 Å². The zero-order valence-electron chi connectivity index (χ0n) is 20.5. The fourth-order valence-corrected chi connectivity index (χ4v) is 4.14. The molecule has 4 aromatic rings. The molecule has 2 aromatic heterocycles. The molecule has 0 radical (unpaired) electrons. The van der Waals surface area contributed by atoms with Gasteiger partial charge in [-0.15, -0.1) is 0 Å². The number of aliphatic hydroxyl groups is 1. The normalized spacial score (nSPS) is 12.1. The lowest BCUT2D eigenvalue weighted by Gasteiger charge is -2.21. The zero-order chi connectivity index (χ0) is 25.1. The van der Waals surface area contributed by atoms with Crippen LogP contribution in [-0.2, 0) is 33.6 Å². The van der Waals surface area contributed by atoms with Crippen LogP contribution >= 0.6 is 0 Å². The third-order valence-electron chi connectivity index (χ3n) is 6.07. The van der Waals surface area contributed by atoms with E-state index in [0.29, 0.717) is 18.2 Å². The lowest BCUT2D eigenvalue weighted by Crippen LogP contribution is -2.38. The van der Waals surface area contributed by atoms with Crippen molar-refractivity contribution in [3.8, 4) is 5.75 Å². The van der Waals surface area contributed by atoms with Crippen LogP contribution in [0.5, 0.6) is 5.75 Å². The first-order chi connectivity index (χ1) is 16.8. The number of fused-ring (bicyclic) bond motifs is 1. The smallest absolute Gasteiger partial charge is 0.332 e.